The van der Waals surface area contributed by atoms with E-state index in [9.17, 15) is 9.59 Å². The first kappa shape index (κ1) is 13.5. The molecule has 2 rings (SSSR count). The first-order valence-corrected chi connectivity index (χ1v) is 6.17. The van der Waals surface area contributed by atoms with Crippen LogP contribution in [0.5, 0.6) is 0 Å². The summed E-state index contributed by atoms with van der Waals surface area (Å²) in [7, 11) is 0. The molecule has 104 valence electrons. The highest BCUT2D eigenvalue weighted by Crippen LogP contribution is 2.35. The normalized spacial score (nSPS) is 22.7. The molecule has 1 aromatic heterocycles. The van der Waals surface area contributed by atoms with Crippen molar-refractivity contribution in [2.45, 2.75) is 39.2 Å². The quantitative estimate of drug-likeness (QED) is 0.837. The molecule has 2 N–H and O–H groups in total. The Morgan fingerprint density at radius 1 is 1.37 bits per heavy atom. The van der Waals surface area contributed by atoms with Gasteiger partial charge in [0.1, 0.15) is 0 Å². The van der Waals surface area contributed by atoms with Crippen LogP contribution in [0.1, 0.15) is 38.4 Å². The standard InChI is InChI=1S/C12H17N3O4/c1-6-13-11(15-19-6)12(2,3)14-9(16)7-4-5-8(7)10(17)18/h7-8H,4-5H2,1-3H3,(H,14,16)(H,17,18). The van der Waals surface area contributed by atoms with Crippen LogP contribution in [0.15, 0.2) is 4.52 Å². The van der Waals surface area contributed by atoms with Gasteiger partial charge in [0, 0.05) is 6.92 Å². The number of carboxylic acids is 1. The molecule has 1 aromatic rings. The summed E-state index contributed by atoms with van der Waals surface area (Å²) in [5, 5.41) is 15.5. The van der Waals surface area contributed by atoms with Gasteiger partial charge in [0.25, 0.3) is 0 Å². The smallest absolute Gasteiger partial charge is 0.307 e. The van der Waals surface area contributed by atoms with Crippen LogP contribution in [0.3, 0.4) is 0 Å². The fourth-order valence-electron chi connectivity index (χ4n) is 2.12. The Bertz CT molecular complexity index is 509. The van der Waals surface area contributed by atoms with Gasteiger partial charge in [-0.25, -0.2) is 0 Å². The van der Waals surface area contributed by atoms with Crippen molar-refractivity contribution >= 4 is 11.9 Å². The predicted molar refractivity (Wildman–Crippen MR) is 64.1 cm³/mol. The Kier molecular flexibility index (Phi) is 3.30. The number of carbonyl (C=O) groups is 2. The topological polar surface area (TPSA) is 105 Å². The van der Waals surface area contributed by atoms with E-state index >= 15 is 0 Å². The van der Waals surface area contributed by atoms with E-state index in [1.807, 2.05) is 0 Å². The molecule has 1 saturated carbocycles. The number of nitrogens with zero attached hydrogens (tertiary/aromatic N) is 2. The summed E-state index contributed by atoms with van der Waals surface area (Å²) < 4.78 is 4.89. The molecule has 7 heteroatoms. The molecular weight excluding hydrogens is 250 g/mol. The SMILES string of the molecule is Cc1nc(C(C)(C)NC(=O)C2CCC2C(=O)O)no1. The number of rotatable bonds is 4. The van der Waals surface area contributed by atoms with Gasteiger partial charge in [0.2, 0.25) is 11.8 Å². The van der Waals surface area contributed by atoms with Gasteiger partial charge in [0.05, 0.1) is 17.4 Å². The third kappa shape index (κ3) is 2.59. The highest BCUT2D eigenvalue weighted by atomic mass is 16.5. The first-order valence-electron chi connectivity index (χ1n) is 6.17. The van der Waals surface area contributed by atoms with E-state index in [0.29, 0.717) is 24.6 Å². The first-order chi connectivity index (χ1) is 8.81. The zero-order valence-electron chi connectivity index (χ0n) is 11.1. The molecule has 7 nitrogen and oxygen atoms in total. The molecule has 2 atom stereocenters. The lowest BCUT2D eigenvalue weighted by molar-refractivity contribution is -0.153. The summed E-state index contributed by atoms with van der Waals surface area (Å²) in [5.41, 5.74) is -0.784. The fraction of sp³-hybridized carbons (Fsp3) is 0.667. The number of hydrogen-bond donors (Lipinski definition) is 2. The summed E-state index contributed by atoms with van der Waals surface area (Å²) in [4.78, 5) is 27.1. The van der Waals surface area contributed by atoms with Crippen molar-refractivity contribution in [3.8, 4) is 0 Å². The second kappa shape index (κ2) is 4.64. The molecule has 0 spiro atoms. The monoisotopic (exact) mass is 267 g/mol. The number of aromatic nitrogens is 2. The second-order valence-electron chi connectivity index (χ2n) is 5.38. The van der Waals surface area contributed by atoms with Crippen molar-refractivity contribution in [3.63, 3.8) is 0 Å². The fourth-order valence-corrected chi connectivity index (χ4v) is 2.12. The molecule has 1 fully saturated rings. The number of aryl methyl sites for hydroxylation is 1. The van der Waals surface area contributed by atoms with Crippen molar-refractivity contribution < 1.29 is 19.2 Å². The van der Waals surface area contributed by atoms with Gasteiger partial charge in [-0.15, -0.1) is 0 Å². The van der Waals surface area contributed by atoms with E-state index < -0.39 is 23.3 Å². The maximum Gasteiger partial charge on any atom is 0.307 e. The van der Waals surface area contributed by atoms with E-state index in [-0.39, 0.29) is 5.91 Å². The Labute approximate surface area is 110 Å². The van der Waals surface area contributed by atoms with Crippen LogP contribution >= 0.6 is 0 Å². The summed E-state index contributed by atoms with van der Waals surface area (Å²) in [6.07, 6.45) is 1.15. The molecule has 0 aromatic carbocycles. The molecule has 2 unspecified atom stereocenters. The Morgan fingerprint density at radius 2 is 2.00 bits per heavy atom. The van der Waals surface area contributed by atoms with Crippen molar-refractivity contribution in [1.29, 1.82) is 0 Å². The van der Waals surface area contributed by atoms with Gasteiger partial charge in [-0.3, -0.25) is 9.59 Å². The average molecular weight is 267 g/mol. The van der Waals surface area contributed by atoms with Gasteiger partial charge < -0.3 is 14.9 Å². The van der Waals surface area contributed by atoms with Crippen molar-refractivity contribution in [2.24, 2.45) is 11.8 Å². The molecule has 0 radical (unpaired) electrons. The third-order valence-electron chi connectivity index (χ3n) is 3.45. The van der Waals surface area contributed by atoms with E-state index in [0.717, 1.165) is 0 Å². The van der Waals surface area contributed by atoms with Crippen LogP contribution in [0.25, 0.3) is 0 Å². The Morgan fingerprint density at radius 3 is 2.42 bits per heavy atom. The molecule has 1 aliphatic carbocycles. The number of carbonyl (C=O) groups excluding carboxylic acids is 1. The lowest BCUT2D eigenvalue weighted by Gasteiger charge is -2.34. The van der Waals surface area contributed by atoms with Crippen LogP contribution in [0.2, 0.25) is 0 Å². The lowest BCUT2D eigenvalue weighted by Crippen LogP contribution is -2.50. The maximum atomic E-state index is 12.1. The molecule has 0 saturated heterocycles. The summed E-state index contributed by atoms with van der Waals surface area (Å²) >= 11 is 0. The number of amides is 1. The van der Waals surface area contributed by atoms with E-state index in [4.69, 9.17) is 9.63 Å². The summed E-state index contributed by atoms with van der Waals surface area (Å²) in [6, 6.07) is 0. The zero-order valence-corrected chi connectivity index (χ0v) is 11.1. The lowest BCUT2D eigenvalue weighted by atomic mass is 9.73. The summed E-state index contributed by atoms with van der Waals surface area (Å²) in [6.45, 7) is 5.17. The molecule has 0 aliphatic heterocycles. The molecular formula is C12H17N3O4. The molecule has 0 bridgehead atoms. The van der Waals surface area contributed by atoms with Crippen LogP contribution in [-0.4, -0.2) is 27.1 Å². The van der Waals surface area contributed by atoms with Gasteiger partial charge >= 0.3 is 5.97 Å². The van der Waals surface area contributed by atoms with E-state index in [1.54, 1.807) is 20.8 Å². The van der Waals surface area contributed by atoms with Crippen LogP contribution < -0.4 is 5.32 Å². The summed E-state index contributed by atoms with van der Waals surface area (Å²) in [5.74, 6) is -1.44. The zero-order chi connectivity index (χ0) is 14.2. The van der Waals surface area contributed by atoms with Crippen LogP contribution in [-0.2, 0) is 15.1 Å². The van der Waals surface area contributed by atoms with Gasteiger partial charge in [0.15, 0.2) is 5.82 Å². The highest BCUT2D eigenvalue weighted by molar-refractivity contribution is 5.86. The van der Waals surface area contributed by atoms with Crippen molar-refractivity contribution in [3.05, 3.63) is 11.7 Å². The second-order valence-corrected chi connectivity index (χ2v) is 5.38. The van der Waals surface area contributed by atoms with Crippen LogP contribution in [0.4, 0.5) is 0 Å². The molecule has 1 aliphatic rings. The minimum atomic E-state index is -0.917. The number of hydrogen-bond acceptors (Lipinski definition) is 5. The molecule has 1 amide bonds. The van der Waals surface area contributed by atoms with E-state index in [1.165, 1.54) is 0 Å². The van der Waals surface area contributed by atoms with Gasteiger partial charge in [-0.1, -0.05) is 5.16 Å². The predicted octanol–water partition coefficient (Wildman–Crippen LogP) is 0.840. The highest BCUT2D eigenvalue weighted by Gasteiger charge is 2.43. The average Bonchev–Trinajstić information content (AvgIpc) is 2.61. The number of carboxylic acid groups (broad SMARTS) is 1. The largest absolute Gasteiger partial charge is 0.481 e. The van der Waals surface area contributed by atoms with Crippen LogP contribution in [0, 0.1) is 18.8 Å². The number of nitrogens with one attached hydrogen (secondary N) is 1. The Balaban J connectivity index is 2.04. The van der Waals surface area contributed by atoms with Crippen molar-refractivity contribution in [1.82, 2.24) is 15.5 Å². The number of aliphatic carboxylic acids is 1. The maximum absolute atomic E-state index is 12.1. The third-order valence-corrected chi connectivity index (χ3v) is 3.45. The molecule has 19 heavy (non-hydrogen) atoms. The van der Waals surface area contributed by atoms with E-state index in [2.05, 4.69) is 15.5 Å². The Hall–Kier alpha value is -1.92. The minimum absolute atomic E-state index is 0.272. The minimum Gasteiger partial charge on any atom is -0.481 e. The van der Waals surface area contributed by atoms with Crippen molar-refractivity contribution in [2.75, 3.05) is 0 Å². The molecule has 1 heterocycles. The van der Waals surface area contributed by atoms with Gasteiger partial charge in [-0.05, 0) is 26.7 Å². The van der Waals surface area contributed by atoms with Gasteiger partial charge in [-0.2, -0.15) is 4.98 Å².